The van der Waals surface area contributed by atoms with Crippen LogP contribution in [0.1, 0.15) is 269 Å². The van der Waals surface area contributed by atoms with Crippen molar-refractivity contribution in [2.24, 2.45) is 13.0 Å². The summed E-state index contributed by atoms with van der Waals surface area (Å²) in [6, 6.07) is 11.7. The lowest BCUT2D eigenvalue weighted by Gasteiger charge is -2.18. The van der Waals surface area contributed by atoms with Crippen molar-refractivity contribution in [2.75, 3.05) is 0 Å². The first kappa shape index (κ1) is 52.7. The molecule has 56 heavy (non-hydrogen) atoms. The van der Waals surface area contributed by atoms with Gasteiger partial charge in [0.05, 0.1) is 7.05 Å². The lowest BCUT2D eigenvalue weighted by molar-refractivity contribution is -0.723. The van der Waals surface area contributed by atoms with Crippen LogP contribution < -0.4 is 17.0 Å². The van der Waals surface area contributed by atoms with Gasteiger partial charge < -0.3 is 12.4 Å². The minimum atomic E-state index is 0. The number of aryl methyl sites for hydroxylation is 1. The Hall–Kier alpha value is -1.28. The fourth-order valence-corrected chi connectivity index (χ4v) is 9.14. The number of halogens is 1. The molecule has 2 nitrogen and oxygen atoms in total. The lowest BCUT2D eigenvalue weighted by atomic mass is 9.89. The summed E-state index contributed by atoms with van der Waals surface area (Å²) < 4.78 is 4.67. The summed E-state index contributed by atoms with van der Waals surface area (Å²) in [7, 11) is 2.15. The van der Waals surface area contributed by atoms with Crippen molar-refractivity contribution in [3.05, 3.63) is 54.6 Å². The molecule has 0 aliphatic heterocycles. The molecule has 1 heterocycles. The molecule has 0 fully saturated rings. The van der Waals surface area contributed by atoms with Crippen LogP contribution in [0.15, 0.2) is 49.1 Å². The predicted octanol–water partition coefficient (Wildman–Crippen LogP) is 14.6. The number of rotatable bonds is 42. The van der Waals surface area contributed by atoms with Crippen LogP contribution in [0.3, 0.4) is 0 Å². The average molecular weight is 798 g/mol. The van der Waals surface area contributed by atoms with Crippen molar-refractivity contribution in [1.29, 1.82) is 0 Å². The van der Waals surface area contributed by atoms with Gasteiger partial charge in [0.2, 0.25) is 6.33 Å². The van der Waals surface area contributed by atoms with E-state index in [0.29, 0.717) is 6.04 Å². The van der Waals surface area contributed by atoms with Gasteiger partial charge in [0, 0.05) is 6.42 Å². The lowest BCUT2D eigenvalue weighted by Crippen LogP contribution is -3.00. The van der Waals surface area contributed by atoms with Gasteiger partial charge in [-0.1, -0.05) is 275 Å². The minimum absolute atomic E-state index is 0. The van der Waals surface area contributed by atoms with Gasteiger partial charge in [-0.25, -0.2) is 9.13 Å². The summed E-state index contributed by atoms with van der Waals surface area (Å²) in [5.41, 5.74) is 1.47. The van der Waals surface area contributed by atoms with Gasteiger partial charge in [0.15, 0.2) is 0 Å². The van der Waals surface area contributed by atoms with E-state index in [4.69, 9.17) is 0 Å². The number of hydrogen-bond donors (Lipinski definition) is 0. The number of imidazole rings is 1. The topological polar surface area (TPSA) is 8.81 Å². The van der Waals surface area contributed by atoms with Crippen LogP contribution in [0.5, 0.6) is 0 Å². The molecule has 1 aromatic carbocycles. The largest absolute Gasteiger partial charge is 1.00 e. The molecular formula is C53H97ClN2. The monoisotopic (exact) mass is 797 g/mol. The Labute approximate surface area is 358 Å². The van der Waals surface area contributed by atoms with Crippen molar-refractivity contribution < 1.29 is 17.0 Å². The Morgan fingerprint density at radius 3 is 1.09 bits per heavy atom. The van der Waals surface area contributed by atoms with E-state index >= 15 is 0 Å². The maximum atomic E-state index is 2.47. The SMILES string of the molecule is CCCCCCCCCCCCCCCCCCC(CCCCCCCCCCCCCCCCCC)CCCCC(Cc1ccccc1)[n+]1ccn(C)c1.[Cl-]. The Kier molecular flexibility index (Phi) is 38.1. The zero-order valence-corrected chi connectivity index (χ0v) is 38.9. The second-order valence-corrected chi connectivity index (χ2v) is 18.2. The molecule has 1 atom stereocenters. The van der Waals surface area contributed by atoms with E-state index in [0.717, 1.165) is 12.3 Å². The molecule has 0 amide bonds. The van der Waals surface area contributed by atoms with Gasteiger partial charge in [-0.05, 0) is 24.3 Å². The molecule has 1 aromatic heterocycles. The molecule has 326 valence electrons. The first-order chi connectivity index (χ1) is 27.2. The molecule has 0 spiro atoms. The molecule has 3 heteroatoms. The Bertz CT molecular complexity index is 997. The third-order valence-electron chi connectivity index (χ3n) is 12.9. The minimum Gasteiger partial charge on any atom is -1.00 e. The highest BCUT2D eigenvalue weighted by molar-refractivity contribution is 5.15. The van der Waals surface area contributed by atoms with Gasteiger partial charge in [-0.3, -0.25) is 0 Å². The molecule has 1 unspecified atom stereocenters. The molecule has 0 saturated heterocycles. The average Bonchev–Trinajstić information content (AvgIpc) is 3.64. The van der Waals surface area contributed by atoms with Crippen LogP contribution in [0.2, 0.25) is 0 Å². The van der Waals surface area contributed by atoms with E-state index in [1.165, 1.54) is 250 Å². The summed E-state index contributed by atoms with van der Waals surface area (Å²) in [5, 5.41) is 0. The van der Waals surface area contributed by atoms with Crippen molar-refractivity contribution in [1.82, 2.24) is 4.57 Å². The highest BCUT2D eigenvalue weighted by Crippen LogP contribution is 2.26. The number of nitrogens with zero attached hydrogens (tertiary/aromatic N) is 2. The number of hydrogen-bond acceptors (Lipinski definition) is 0. The summed E-state index contributed by atoms with van der Waals surface area (Å²) >= 11 is 0. The van der Waals surface area contributed by atoms with E-state index in [2.05, 4.69) is 79.1 Å². The normalized spacial score (nSPS) is 12.1. The van der Waals surface area contributed by atoms with Crippen LogP contribution in [0.4, 0.5) is 0 Å². The zero-order valence-electron chi connectivity index (χ0n) is 38.1. The first-order valence-electron chi connectivity index (χ1n) is 25.3. The van der Waals surface area contributed by atoms with Crippen LogP contribution in [0.25, 0.3) is 0 Å². The molecule has 0 bridgehead atoms. The molecule has 2 aromatic rings. The molecular weight excluding hydrogens is 700 g/mol. The number of unbranched alkanes of at least 4 members (excludes halogenated alkanes) is 31. The smallest absolute Gasteiger partial charge is 0.243 e. The van der Waals surface area contributed by atoms with Crippen molar-refractivity contribution in [3.63, 3.8) is 0 Å². The molecule has 2 rings (SSSR count). The maximum absolute atomic E-state index is 2.47. The molecule has 0 aliphatic rings. The first-order valence-corrected chi connectivity index (χ1v) is 25.3. The standard InChI is InChI=1S/C53H97N2.ClH/c1-4-6-8-10-12-14-16-18-20-22-24-26-28-30-32-35-41-51(42-36-33-31-29-27-25-23-21-19-17-15-13-11-9-7-5-2)43-39-40-46-53(55-48-47-54(3)50-55)49-52-44-37-34-38-45-52;/h34,37-38,44-45,47-48,50-51,53H,4-33,35-36,39-43,46,49H2,1-3H3;1H/q+1;/p-1. The second-order valence-electron chi connectivity index (χ2n) is 18.2. The quantitative estimate of drug-likeness (QED) is 0.0467. The van der Waals surface area contributed by atoms with E-state index in [1.807, 2.05) is 0 Å². The van der Waals surface area contributed by atoms with Crippen molar-refractivity contribution >= 4 is 0 Å². The van der Waals surface area contributed by atoms with Gasteiger partial charge >= 0.3 is 0 Å². The van der Waals surface area contributed by atoms with Crippen LogP contribution >= 0.6 is 0 Å². The van der Waals surface area contributed by atoms with E-state index in [9.17, 15) is 0 Å². The number of aromatic nitrogens is 2. The highest BCUT2D eigenvalue weighted by Gasteiger charge is 2.18. The van der Waals surface area contributed by atoms with Crippen molar-refractivity contribution in [2.45, 2.75) is 270 Å². The fraction of sp³-hybridized carbons (Fsp3) is 0.830. The molecule has 0 aliphatic carbocycles. The molecule has 0 radical (unpaired) electrons. The van der Waals surface area contributed by atoms with E-state index < -0.39 is 0 Å². The summed E-state index contributed by atoms with van der Waals surface area (Å²) in [5.74, 6) is 0.954. The summed E-state index contributed by atoms with van der Waals surface area (Å²) in [4.78, 5) is 0. The third-order valence-corrected chi connectivity index (χ3v) is 12.9. The summed E-state index contributed by atoms with van der Waals surface area (Å²) in [6.45, 7) is 4.63. The Morgan fingerprint density at radius 2 is 0.750 bits per heavy atom. The van der Waals surface area contributed by atoms with Gasteiger partial charge in [-0.2, -0.15) is 0 Å². The zero-order chi connectivity index (χ0) is 39.1. The van der Waals surface area contributed by atoms with Gasteiger partial charge in [0.25, 0.3) is 0 Å². The maximum Gasteiger partial charge on any atom is 0.243 e. The predicted molar refractivity (Wildman–Crippen MR) is 245 cm³/mol. The van der Waals surface area contributed by atoms with Crippen LogP contribution in [-0.2, 0) is 13.5 Å². The third kappa shape index (κ3) is 31.7. The highest BCUT2D eigenvalue weighted by atomic mass is 35.5. The van der Waals surface area contributed by atoms with Crippen molar-refractivity contribution in [3.8, 4) is 0 Å². The Balaban J connectivity index is 0.0000157. The molecule has 0 saturated carbocycles. The van der Waals surface area contributed by atoms with Crippen LogP contribution in [-0.4, -0.2) is 4.57 Å². The fourth-order valence-electron chi connectivity index (χ4n) is 9.14. The Morgan fingerprint density at radius 1 is 0.429 bits per heavy atom. The van der Waals surface area contributed by atoms with E-state index in [-0.39, 0.29) is 12.4 Å². The van der Waals surface area contributed by atoms with Gasteiger partial charge in [0.1, 0.15) is 18.4 Å². The second kappa shape index (κ2) is 40.5. The van der Waals surface area contributed by atoms with Crippen LogP contribution in [0, 0.1) is 5.92 Å². The van der Waals surface area contributed by atoms with E-state index in [1.54, 1.807) is 0 Å². The molecule has 0 N–H and O–H groups in total. The number of benzene rings is 1. The summed E-state index contributed by atoms with van der Waals surface area (Å²) in [6.07, 6.45) is 63.2. The van der Waals surface area contributed by atoms with Gasteiger partial charge in [-0.15, -0.1) is 0 Å².